The third-order valence-electron chi connectivity index (χ3n) is 5.08. The van der Waals surface area contributed by atoms with Crippen LogP contribution in [0.15, 0.2) is 53.3 Å². The highest BCUT2D eigenvalue weighted by atomic mass is 16.5. The lowest BCUT2D eigenvalue weighted by molar-refractivity contribution is -0.122. The van der Waals surface area contributed by atoms with Gasteiger partial charge in [-0.05, 0) is 36.6 Å². The number of hydrogen-bond donors (Lipinski definition) is 2. The Morgan fingerprint density at radius 3 is 2.41 bits per heavy atom. The van der Waals surface area contributed by atoms with Gasteiger partial charge in [-0.15, -0.1) is 0 Å². The molecule has 152 valence electrons. The van der Waals surface area contributed by atoms with Gasteiger partial charge >= 0.3 is 0 Å². The minimum absolute atomic E-state index is 0.0323. The Morgan fingerprint density at radius 2 is 1.76 bits per heavy atom. The van der Waals surface area contributed by atoms with E-state index in [-0.39, 0.29) is 17.4 Å². The van der Waals surface area contributed by atoms with Crippen molar-refractivity contribution in [2.24, 2.45) is 0 Å². The lowest BCUT2D eigenvalue weighted by Crippen LogP contribution is -2.31. The molecule has 0 spiro atoms. The average Bonchev–Trinajstić information content (AvgIpc) is 2.74. The van der Waals surface area contributed by atoms with Crippen LogP contribution in [0.5, 0.6) is 11.5 Å². The van der Waals surface area contributed by atoms with Crippen molar-refractivity contribution in [3.8, 4) is 11.5 Å². The lowest BCUT2D eigenvalue weighted by atomic mass is 9.95. The Bertz CT molecular complexity index is 1040. The topological polar surface area (TPSA) is 80.4 Å². The fourth-order valence-corrected chi connectivity index (χ4v) is 3.52. The number of nitrogens with one attached hydrogen (secondary N) is 2. The zero-order chi connectivity index (χ0) is 20.8. The second kappa shape index (κ2) is 9.28. The molecule has 29 heavy (non-hydrogen) atoms. The smallest absolute Gasteiger partial charge is 0.251 e. The third kappa shape index (κ3) is 4.42. The van der Waals surface area contributed by atoms with Gasteiger partial charge in [-0.1, -0.05) is 37.3 Å². The highest BCUT2D eigenvalue weighted by molar-refractivity contribution is 5.90. The molecular weight excluding hydrogens is 368 g/mol. The maximum atomic E-state index is 12.6. The van der Waals surface area contributed by atoms with E-state index in [9.17, 15) is 9.59 Å². The number of carbonyl (C=O) groups is 1. The summed E-state index contributed by atoms with van der Waals surface area (Å²) in [5.74, 6) is 0.995. The Hall–Kier alpha value is -3.28. The van der Waals surface area contributed by atoms with Gasteiger partial charge in [0.25, 0.3) is 5.56 Å². The van der Waals surface area contributed by atoms with Crippen molar-refractivity contribution in [1.82, 2.24) is 10.3 Å². The van der Waals surface area contributed by atoms with Crippen molar-refractivity contribution in [1.29, 1.82) is 0 Å². The Morgan fingerprint density at radius 1 is 1.07 bits per heavy atom. The summed E-state index contributed by atoms with van der Waals surface area (Å²) in [6, 6.07) is 15.1. The molecule has 0 saturated heterocycles. The van der Waals surface area contributed by atoms with Crippen molar-refractivity contribution < 1.29 is 14.3 Å². The van der Waals surface area contributed by atoms with Crippen LogP contribution < -0.4 is 20.3 Å². The molecule has 6 heteroatoms. The molecule has 3 rings (SSSR count). The number of benzene rings is 2. The number of rotatable bonds is 8. The van der Waals surface area contributed by atoms with Gasteiger partial charge in [-0.3, -0.25) is 9.59 Å². The molecule has 1 amide bonds. The maximum Gasteiger partial charge on any atom is 0.251 e. The van der Waals surface area contributed by atoms with Crippen LogP contribution in [-0.4, -0.2) is 31.7 Å². The van der Waals surface area contributed by atoms with Crippen molar-refractivity contribution in [3.63, 3.8) is 0 Å². The van der Waals surface area contributed by atoms with Gasteiger partial charge in [-0.25, -0.2) is 0 Å². The van der Waals surface area contributed by atoms with Crippen molar-refractivity contribution in [2.45, 2.75) is 25.7 Å². The predicted octanol–water partition coefficient (Wildman–Crippen LogP) is 3.40. The monoisotopic (exact) mass is 394 g/mol. The molecule has 1 atom stereocenters. The third-order valence-corrected chi connectivity index (χ3v) is 5.08. The van der Waals surface area contributed by atoms with Crippen LogP contribution in [0, 0.1) is 0 Å². The number of aromatic nitrogens is 1. The van der Waals surface area contributed by atoms with Crippen LogP contribution in [0.4, 0.5) is 0 Å². The number of amides is 1. The van der Waals surface area contributed by atoms with Gasteiger partial charge in [0.2, 0.25) is 5.91 Å². The average molecular weight is 394 g/mol. The predicted molar refractivity (Wildman–Crippen MR) is 114 cm³/mol. The number of pyridine rings is 1. The van der Waals surface area contributed by atoms with Gasteiger partial charge < -0.3 is 19.8 Å². The van der Waals surface area contributed by atoms with Crippen molar-refractivity contribution >= 4 is 16.8 Å². The normalized spacial score (nSPS) is 11.8. The molecule has 2 N–H and O–H groups in total. The largest absolute Gasteiger partial charge is 0.496 e. The Labute approximate surface area is 169 Å². The van der Waals surface area contributed by atoms with E-state index in [0.717, 1.165) is 10.9 Å². The minimum Gasteiger partial charge on any atom is -0.496 e. The van der Waals surface area contributed by atoms with Gasteiger partial charge in [0.05, 0.1) is 25.7 Å². The van der Waals surface area contributed by atoms with Gasteiger partial charge in [-0.2, -0.15) is 0 Å². The maximum absolute atomic E-state index is 12.6. The van der Waals surface area contributed by atoms with Gasteiger partial charge in [0, 0.05) is 17.5 Å². The summed E-state index contributed by atoms with van der Waals surface area (Å²) in [6.07, 6.45) is 1.13. The summed E-state index contributed by atoms with van der Waals surface area (Å²) in [5.41, 5.74) is 1.97. The first kappa shape index (κ1) is 20.5. The summed E-state index contributed by atoms with van der Waals surface area (Å²) >= 11 is 0. The molecule has 2 aromatic carbocycles. The molecule has 0 fully saturated rings. The van der Waals surface area contributed by atoms with Gasteiger partial charge in [0.15, 0.2) is 0 Å². The van der Waals surface area contributed by atoms with Crippen LogP contribution in [0.3, 0.4) is 0 Å². The molecule has 0 radical (unpaired) electrons. The van der Waals surface area contributed by atoms with E-state index in [2.05, 4.69) is 10.3 Å². The summed E-state index contributed by atoms with van der Waals surface area (Å²) in [7, 11) is 3.14. The van der Waals surface area contributed by atoms with Crippen LogP contribution in [0.1, 0.15) is 30.4 Å². The van der Waals surface area contributed by atoms with E-state index < -0.39 is 0 Å². The van der Waals surface area contributed by atoms with Crippen LogP contribution in [-0.2, 0) is 11.2 Å². The zero-order valence-corrected chi connectivity index (χ0v) is 17.0. The van der Waals surface area contributed by atoms with Crippen molar-refractivity contribution in [3.05, 3.63) is 70.0 Å². The number of aromatic amines is 1. The second-order valence-corrected chi connectivity index (χ2v) is 6.80. The number of methoxy groups -OCH3 is 2. The molecule has 0 bridgehead atoms. The highest BCUT2D eigenvalue weighted by Gasteiger charge is 2.18. The SMILES string of the molecule is CC[C@H](C(=O)NCCc1cc2c(OC)ccc(OC)c2[nH]c1=O)c1ccccc1. The molecule has 1 heterocycles. The molecule has 0 aliphatic rings. The molecular formula is C23H26N2O4. The molecule has 0 aliphatic heterocycles. The quantitative estimate of drug-likeness (QED) is 0.614. The number of carbonyl (C=O) groups excluding carboxylic acids is 1. The van der Waals surface area contributed by atoms with E-state index >= 15 is 0 Å². The first-order chi connectivity index (χ1) is 14.1. The number of H-pyrrole nitrogens is 1. The number of fused-ring (bicyclic) bond motifs is 1. The summed E-state index contributed by atoms with van der Waals surface area (Å²) in [6.45, 7) is 2.37. The standard InChI is InChI=1S/C23H26N2O4/c1-4-17(15-8-6-5-7-9-15)23(27)24-13-12-16-14-18-19(28-2)10-11-20(29-3)21(18)25-22(16)26/h5-11,14,17H,4,12-13H2,1-3H3,(H,24,27)(H,25,26)/t17-/m0/s1. The summed E-state index contributed by atoms with van der Waals surface area (Å²) < 4.78 is 10.7. The second-order valence-electron chi connectivity index (χ2n) is 6.80. The zero-order valence-electron chi connectivity index (χ0n) is 17.0. The first-order valence-electron chi connectivity index (χ1n) is 9.68. The fraction of sp³-hybridized carbons (Fsp3) is 0.304. The molecule has 1 aromatic heterocycles. The van der Waals surface area contributed by atoms with E-state index in [1.54, 1.807) is 32.4 Å². The molecule has 0 unspecified atom stereocenters. The van der Waals surface area contributed by atoms with Crippen LogP contribution >= 0.6 is 0 Å². The van der Waals surface area contributed by atoms with Crippen LogP contribution in [0.25, 0.3) is 10.9 Å². The molecule has 3 aromatic rings. The Kier molecular flexibility index (Phi) is 6.54. The molecule has 0 saturated carbocycles. The van der Waals surface area contributed by atoms with E-state index in [1.165, 1.54) is 0 Å². The van der Waals surface area contributed by atoms with E-state index in [1.807, 2.05) is 37.3 Å². The van der Waals surface area contributed by atoms with E-state index in [4.69, 9.17) is 9.47 Å². The highest BCUT2D eigenvalue weighted by Crippen LogP contribution is 2.31. The first-order valence-corrected chi connectivity index (χ1v) is 9.68. The number of ether oxygens (including phenoxy) is 2. The lowest BCUT2D eigenvalue weighted by Gasteiger charge is -2.15. The van der Waals surface area contributed by atoms with Crippen molar-refractivity contribution in [2.75, 3.05) is 20.8 Å². The van der Waals surface area contributed by atoms with E-state index in [0.29, 0.717) is 42.0 Å². The molecule has 0 aliphatic carbocycles. The summed E-state index contributed by atoms with van der Waals surface area (Å²) in [5, 5.41) is 3.73. The minimum atomic E-state index is -0.201. The molecule has 6 nitrogen and oxygen atoms in total. The fourth-order valence-electron chi connectivity index (χ4n) is 3.52. The number of hydrogen-bond acceptors (Lipinski definition) is 4. The van der Waals surface area contributed by atoms with Crippen LogP contribution in [0.2, 0.25) is 0 Å². The summed E-state index contributed by atoms with van der Waals surface area (Å²) in [4.78, 5) is 28.0. The Balaban J connectivity index is 1.76. The van der Waals surface area contributed by atoms with Gasteiger partial charge in [0.1, 0.15) is 11.5 Å².